The van der Waals surface area contributed by atoms with Gasteiger partial charge in [-0.1, -0.05) is 42.5 Å². The van der Waals surface area contributed by atoms with Crippen molar-refractivity contribution in [3.05, 3.63) is 71.5 Å². The first kappa shape index (κ1) is 13.7. The van der Waals surface area contributed by atoms with E-state index in [0.29, 0.717) is 5.76 Å². The highest BCUT2D eigenvalue weighted by Crippen LogP contribution is 2.34. The zero-order chi connectivity index (χ0) is 13.7. The normalized spacial score (nSPS) is 11.9. The Bertz CT molecular complexity index is 578. The van der Waals surface area contributed by atoms with E-state index in [2.05, 4.69) is 0 Å². The van der Waals surface area contributed by atoms with Crippen LogP contribution in [0.4, 0.5) is 4.39 Å². The van der Waals surface area contributed by atoms with E-state index in [9.17, 15) is 4.39 Å². The van der Waals surface area contributed by atoms with E-state index in [1.54, 1.807) is 24.9 Å². The largest absolute Gasteiger partial charge is 0.495 e. The van der Waals surface area contributed by atoms with Crippen molar-refractivity contribution >= 4 is 22.4 Å². The summed E-state index contributed by atoms with van der Waals surface area (Å²) in [4.78, 5) is 0.994. The van der Waals surface area contributed by atoms with E-state index in [0.717, 1.165) is 16.0 Å². The molecule has 0 aliphatic rings. The molecule has 0 bridgehead atoms. The molecule has 0 aromatic heterocycles. The molecule has 0 aliphatic carbocycles. The van der Waals surface area contributed by atoms with Crippen molar-refractivity contribution in [3.8, 4) is 0 Å². The van der Waals surface area contributed by atoms with Gasteiger partial charge in [0.15, 0.2) is 0 Å². The van der Waals surface area contributed by atoms with Crippen LogP contribution < -0.4 is 0 Å². The Labute approximate surface area is 117 Å². The van der Waals surface area contributed by atoms with E-state index < -0.39 is 0 Å². The minimum Gasteiger partial charge on any atom is -0.495 e. The highest BCUT2D eigenvalue weighted by molar-refractivity contribution is 8.07. The number of methoxy groups -OCH3 is 1. The summed E-state index contributed by atoms with van der Waals surface area (Å²) in [6.45, 7) is 0. The molecule has 19 heavy (non-hydrogen) atoms. The number of benzene rings is 2. The second-order valence-corrected chi connectivity index (χ2v) is 4.76. The molecule has 0 spiro atoms. The van der Waals surface area contributed by atoms with Gasteiger partial charge >= 0.3 is 0 Å². The van der Waals surface area contributed by atoms with Gasteiger partial charge < -0.3 is 4.74 Å². The molecule has 0 aliphatic heterocycles. The molecule has 0 saturated heterocycles. The first-order chi connectivity index (χ1) is 9.26. The SMILES string of the molecule is CO/C(=C(\SC)c1ccccc1)c1cccc(F)c1. The maximum Gasteiger partial charge on any atom is 0.140 e. The minimum atomic E-state index is -0.263. The number of hydrogen-bond acceptors (Lipinski definition) is 2. The van der Waals surface area contributed by atoms with Crippen molar-refractivity contribution < 1.29 is 9.13 Å². The summed E-state index contributed by atoms with van der Waals surface area (Å²) in [5.74, 6) is 0.429. The van der Waals surface area contributed by atoms with E-state index in [1.165, 1.54) is 12.1 Å². The van der Waals surface area contributed by atoms with Crippen molar-refractivity contribution in [1.82, 2.24) is 0 Å². The molecule has 2 rings (SSSR count). The number of ether oxygens (including phenoxy) is 1. The average Bonchev–Trinajstić information content (AvgIpc) is 2.45. The summed E-state index contributed by atoms with van der Waals surface area (Å²) in [6, 6.07) is 16.4. The molecule has 0 saturated carbocycles. The summed E-state index contributed by atoms with van der Waals surface area (Å²) < 4.78 is 18.8. The van der Waals surface area contributed by atoms with Crippen LogP contribution in [0.5, 0.6) is 0 Å². The molecule has 3 heteroatoms. The lowest BCUT2D eigenvalue weighted by Crippen LogP contribution is -1.93. The maximum absolute atomic E-state index is 13.3. The molecule has 0 unspecified atom stereocenters. The third-order valence-corrected chi connectivity index (χ3v) is 3.57. The Morgan fingerprint density at radius 3 is 2.26 bits per heavy atom. The molecule has 1 nitrogen and oxygen atoms in total. The topological polar surface area (TPSA) is 9.23 Å². The lowest BCUT2D eigenvalue weighted by molar-refractivity contribution is 0.372. The monoisotopic (exact) mass is 274 g/mol. The number of rotatable bonds is 4. The maximum atomic E-state index is 13.3. The predicted molar refractivity (Wildman–Crippen MR) is 80.2 cm³/mol. The average molecular weight is 274 g/mol. The van der Waals surface area contributed by atoms with Crippen molar-refractivity contribution in [3.63, 3.8) is 0 Å². The Morgan fingerprint density at radius 2 is 1.68 bits per heavy atom. The molecular formula is C16H15FOS. The number of hydrogen-bond donors (Lipinski definition) is 0. The standard InChI is InChI=1S/C16H15FOS/c1-18-15(13-9-6-10-14(17)11-13)16(19-2)12-7-4-3-5-8-12/h3-11H,1-2H3/b16-15-. The fourth-order valence-corrected chi connectivity index (χ4v) is 2.66. The molecule has 0 heterocycles. The van der Waals surface area contributed by atoms with Gasteiger partial charge in [-0.25, -0.2) is 4.39 Å². The summed E-state index contributed by atoms with van der Waals surface area (Å²) >= 11 is 1.59. The van der Waals surface area contributed by atoms with Crippen molar-refractivity contribution in [2.24, 2.45) is 0 Å². The zero-order valence-electron chi connectivity index (χ0n) is 10.9. The van der Waals surface area contributed by atoms with Gasteiger partial charge in [0.25, 0.3) is 0 Å². The van der Waals surface area contributed by atoms with Crippen LogP contribution in [-0.4, -0.2) is 13.4 Å². The zero-order valence-corrected chi connectivity index (χ0v) is 11.7. The van der Waals surface area contributed by atoms with Crippen LogP contribution >= 0.6 is 11.8 Å². The summed E-state index contributed by atoms with van der Waals surface area (Å²) in [6.07, 6.45) is 1.99. The van der Waals surface area contributed by atoms with Gasteiger partial charge in [-0.05, 0) is 24.0 Å². The highest BCUT2D eigenvalue weighted by atomic mass is 32.2. The van der Waals surface area contributed by atoms with E-state index in [4.69, 9.17) is 4.74 Å². The van der Waals surface area contributed by atoms with Gasteiger partial charge in [0.05, 0.1) is 12.0 Å². The van der Waals surface area contributed by atoms with Gasteiger partial charge in [-0.15, -0.1) is 11.8 Å². The van der Waals surface area contributed by atoms with Crippen LogP contribution in [0.25, 0.3) is 10.7 Å². The van der Waals surface area contributed by atoms with E-state index in [1.807, 2.05) is 42.7 Å². The fraction of sp³-hybridized carbons (Fsp3) is 0.125. The lowest BCUT2D eigenvalue weighted by atomic mass is 10.1. The third-order valence-electron chi connectivity index (χ3n) is 2.74. The molecule has 0 radical (unpaired) electrons. The molecule has 0 fully saturated rings. The highest BCUT2D eigenvalue weighted by Gasteiger charge is 2.12. The van der Waals surface area contributed by atoms with E-state index in [-0.39, 0.29) is 5.82 Å². The quantitative estimate of drug-likeness (QED) is 0.592. The molecule has 98 valence electrons. The first-order valence-corrected chi connectivity index (χ1v) is 7.12. The first-order valence-electron chi connectivity index (χ1n) is 5.90. The molecule has 2 aromatic carbocycles. The smallest absolute Gasteiger partial charge is 0.140 e. The molecular weight excluding hydrogens is 259 g/mol. The van der Waals surface area contributed by atoms with Crippen LogP contribution in [0.15, 0.2) is 54.6 Å². The Kier molecular flexibility index (Phi) is 4.63. The summed E-state index contributed by atoms with van der Waals surface area (Å²) in [5, 5.41) is 0. The van der Waals surface area contributed by atoms with Gasteiger partial charge in [0, 0.05) is 5.56 Å². The Balaban J connectivity index is 2.56. The van der Waals surface area contributed by atoms with Crippen LogP contribution in [0.3, 0.4) is 0 Å². The van der Waals surface area contributed by atoms with E-state index >= 15 is 0 Å². The van der Waals surface area contributed by atoms with Crippen molar-refractivity contribution in [2.45, 2.75) is 0 Å². The fourth-order valence-electron chi connectivity index (χ4n) is 1.90. The molecule has 0 amide bonds. The third kappa shape index (κ3) is 3.18. The van der Waals surface area contributed by atoms with Gasteiger partial charge in [-0.2, -0.15) is 0 Å². The van der Waals surface area contributed by atoms with Gasteiger partial charge in [0.1, 0.15) is 11.6 Å². The van der Waals surface area contributed by atoms with Crippen LogP contribution in [-0.2, 0) is 4.74 Å². The predicted octanol–water partition coefficient (Wildman–Crippen LogP) is 4.66. The Hall–Kier alpha value is -1.74. The summed E-state index contributed by atoms with van der Waals surface area (Å²) in [7, 11) is 1.61. The van der Waals surface area contributed by atoms with Gasteiger partial charge in [0.2, 0.25) is 0 Å². The minimum absolute atomic E-state index is 0.263. The van der Waals surface area contributed by atoms with Crippen molar-refractivity contribution in [2.75, 3.05) is 13.4 Å². The number of halogens is 1. The molecule has 0 N–H and O–H groups in total. The van der Waals surface area contributed by atoms with Crippen LogP contribution in [0.2, 0.25) is 0 Å². The van der Waals surface area contributed by atoms with Crippen molar-refractivity contribution in [1.29, 1.82) is 0 Å². The molecule has 0 atom stereocenters. The van der Waals surface area contributed by atoms with Crippen LogP contribution in [0, 0.1) is 5.82 Å². The lowest BCUT2D eigenvalue weighted by Gasteiger charge is -2.13. The Morgan fingerprint density at radius 1 is 1.00 bits per heavy atom. The summed E-state index contributed by atoms with van der Waals surface area (Å²) in [5.41, 5.74) is 1.81. The molecule has 2 aromatic rings. The number of thioether (sulfide) groups is 1. The van der Waals surface area contributed by atoms with Crippen LogP contribution in [0.1, 0.15) is 11.1 Å². The van der Waals surface area contributed by atoms with Gasteiger partial charge in [-0.3, -0.25) is 0 Å². The second kappa shape index (κ2) is 6.43. The second-order valence-electron chi connectivity index (χ2n) is 3.94.